The van der Waals surface area contributed by atoms with Crippen molar-refractivity contribution >= 4 is 15.9 Å². The predicted molar refractivity (Wildman–Crippen MR) is 66.1 cm³/mol. The first-order chi connectivity index (χ1) is 7.95. The first-order valence-electron chi connectivity index (χ1n) is 5.49. The fourth-order valence-electron chi connectivity index (χ4n) is 1.66. The van der Waals surface area contributed by atoms with Crippen LogP contribution >= 0.6 is 0 Å². The van der Waals surface area contributed by atoms with E-state index in [1.54, 1.807) is 11.0 Å². The second kappa shape index (κ2) is 6.13. The molecule has 0 atom stereocenters. The molecule has 0 unspecified atom stereocenters. The molecule has 1 heterocycles. The van der Waals surface area contributed by atoms with Gasteiger partial charge in [0.2, 0.25) is 15.9 Å². The van der Waals surface area contributed by atoms with Crippen molar-refractivity contribution < 1.29 is 13.2 Å². The number of carbonyl (C=O) groups excluding carboxylic acids is 1. The van der Waals surface area contributed by atoms with Gasteiger partial charge in [0.25, 0.3) is 0 Å². The highest BCUT2D eigenvalue weighted by molar-refractivity contribution is 7.88. The molecule has 1 rings (SSSR count). The summed E-state index contributed by atoms with van der Waals surface area (Å²) >= 11 is 0. The molecule has 0 aromatic heterocycles. The zero-order valence-corrected chi connectivity index (χ0v) is 10.9. The summed E-state index contributed by atoms with van der Waals surface area (Å²) in [5, 5.41) is 2.93. The number of nitrogens with zero attached hydrogens (tertiary/aromatic N) is 2. The zero-order chi connectivity index (χ0) is 12.9. The standard InChI is InChI=1S/C10H19N3O3S/c1-3-4-11-9-10(14)12-5-7-13(8-6-12)17(2,15)16/h3,11H,1,4-9H2,2H3. The highest BCUT2D eigenvalue weighted by Gasteiger charge is 2.25. The number of hydrogen-bond donors (Lipinski definition) is 1. The van der Waals surface area contributed by atoms with Crippen molar-refractivity contribution in [1.82, 2.24) is 14.5 Å². The minimum absolute atomic E-state index is 0.000000945. The van der Waals surface area contributed by atoms with Gasteiger partial charge in [-0.2, -0.15) is 4.31 Å². The van der Waals surface area contributed by atoms with Gasteiger partial charge < -0.3 is 10.2 Å². The summed E-state index contributed by atoms with van der Waals surface area (Å²) in [6.07, 6.45) is 2.88. The molecule has 7 heteroatoms. The Morgan fingerprint density at radius 2 is 1.94 bits per heavy atom. The lowest BCUT2D eigenvalue weighted by Gasteiger charge is -2.33. The van der Waals surface area contributed by atoms with Gasteiger partial charge in [0.05, 0.1) is 12.8 Å². The van der Waals surface area contributed by atoms with Crippen LogP contribution in [0.2, 0.25) is 0 Å². The van der Waals surface area contributed by atoms with Crippen LogP contribution in [0.1, 0.15) is 0 Å². The van der Waals surface area contributed by atoms with Gasteiger partial charge in [0, 0.05) is 32.7 Å². The highest BCUT2D eigenvalue weighted by Crippen LogP contribution is 2.05. The lowest BCUT2D eigenvalue weighted by atomic mass is 10.3. The van der Waals surface area contributed by atoms with Crippen LogP contribution in [0.4, 0.5) is 0 Å². The van der Waals surface area contributed by atoms with Gasteiger partial charge in [-0.05, 0) is 0 Å². The van der Waals surface area contributed by atoms with E-state index in [1.165, 1.54) is 10.6 Å². The van der Waals surface area contributed by atoms with Crippen LogP contribution in [0.3, 0.4) is 0 Å². The van der Waals surface area contributed by atoms with E-state index in [9.17, 15) is 13.2 Å². The van der Waals surface area contributed by atoms with Crippen molar-refractivity contribution in [2.45, 2.75) is 0 Å². The van der Waals surface area contributed by atoms with Gasteiger partial charge in [-0.1, -0.05) is 6.08 Å². The van der Waals surface area contributed by atoms with E-state index in [0.717, 1.165) is 0 Å². The summed E-state index contributed by atoms with van der Waals surface area (Å²) in [7, 11) is -3.13. The summed E-state index contributed by atoms with van der Waals surface area (Å²) in [6, 6.07) is 0. The number of nitrogens with one attached hydrogen (secondary N) is 1. The summed E-state index contributed by atoms with van der Waals surface area (Å²) in [6.45, 7) is 6.09. The van der Waals surface area contributed by atoms with Crippen LogP contribution in [0, 0.1) is 0 Å². The molecule has 6 nitrogen and oxygen atoms in total. The summed E-state index contributed by atoms with van der Waals surface area (Å²) < 4.78 is 23.9. The van der Waals surface area contributed by atoms with Gasteiger partial charge in [-0.15, -0.1) is 6.58 Å². The molecule has 0 bridgehead atoms. The maximum Gasteiger partial charge on any atom is 0.236 e. The molecule has 1 saturated heterocycles. The molecule has 1 amide bonds. The molecule has 0 saturated carbocycles. The number of carbonyl (C=O) groups is 1. The topological polar surface area (TPSA) is 69.7 Å². The third-order valence-electron chi connectivity index (χ3n) is 2.63. The second-order valence-corrected chi connectivity index (χ2v) is 5.94. The molecule has 1 N–H and O–H groups in total. The SMILES string of the molecule is C=CCNCC(=O)N1CCN(S(C)(=O)=O)CC1. The molecule has 98 valence electrons. The lowest BCUT2D eigenvalue weighted by Crippen LogP contribution is -2.52. The fraction of sp³-hybridized carbons (Fsp3) is 0.700. The Bertz CT molecular complexity index is 372. The van der Waals surface area contributed by atoms with E-state index in [1.807, 2.05) is 0 Å². The quantitative estimate of drug-likeness (QED) is 0.502. The fourth-order valence-corrected chi connectivity index (χ4v) is 2.49. The minimum atomic E-state index is -3.13. The predicted octanol–water partition coefficient (Wildman–Crippen LogP) is -1.13. The van der Waals surface area contributed by atoms with Crippen LogP contribution in [0.5, 0.6) is 0 Å². The van der Waals surface area contributed by atoms with Crippen molar-refractivity contribution in [3.8, 4) is 0 Å². The number of rotatable bonds is 5. The van der Waals surface area contributed by atoms with E-state index in [-0.39, 0.29) is 12.5 Å². The second-order valence-electron chi connectivity index (χ2n) is 3.96. The minimum Gasteiger partial charge on any atom is -0.339 e. The molecular weight excluding hydrogens is 242 g/mol. The van der Waals surface area contributed by atoms with Crippen LogP contribution in [0.25, 0.3) is 0 Å². The van der Waals surface area contributed by atoms with Crippen molar-refractivity contribution in [3.63, 3.8) is 0 Å². The average Bonchev–Trinajstić information content (AvgIpc) is 2.28. The van der Waals surface area contributed by atoms with Crippen LogP contribution in [-0.4, -0.2) is 69.1 Å². The summed E-state index contributed by atoms with van der Waals surface area (Å²) in [5.74, 6) is 0.000000945. The lowest BCUT2D eigenvalue weighted by molar-refractivity contribution is -0.131. The summed E-state index contributed by atoms with van der Waals surface area (Å²) in [4.78, 5) is 13.4. The maximum absolute atomic E-state index is 11.7. The molecule has 17 heavy (non-hydrogen) atoms. The first-order valence-corrected chi connectivity index (χ1v) is 7.34. The number of sulfonamides is 1. The highest BCUT2D eigenvalue weighted by atomic mass is 32.2. The third kappa shape index (κ3) is 4.45. The smallest absolute Gasteiger partial charge is 0.236 e. The molecule has 0 aromatic rings. The monoisotopic (exact) mass is 261 g/mol. The maximum atomic E-state index is 11.7. The molecule has 1 aliphatic rings. The molecule has 0 spiro atoms. The van der Waals surface area contributed by atoms with E-state index < -0.39 is 10.0 Å². The Labute approximate surface area is 102 Å². The van der Waals surface area contributed by atoms with Crippen LogP contribution in [0.15, 0.2) is 12.7 Å². The zero-order valence-electron chi connectivity index (χ0n) is 10.1. The molecule has 0 aromatic carbocycles. The third-order valence-corrected chi connectivity index (χ3v) is 3.93. The molecule has 0 aliphatic carbocycles. The Hall–Kier alpha value is -0.920. The van der Waals surface area contributed by atoms with Crippen molar-refractivity contribution in [1.29, 1.82) is 0 Å². The van der Waals surface area contributed by atoms with Gasteiger partial charge in [0.1, 0.15) is 0 Å². The van der Waals surface area contributed by atoms with E-state index >= 15 is 0 Å². The van der Waals surface area contributed by atoms with E-state index in [2.05, 4.69) is 11.9 Å². The molecule has 0 radical (unpaired) electrons. The van der Waals surface area contributed by atoms with Gasteiger partial charge in [-0.3, -0.25) is 4.79 Å². The average molecular weight is 261 g/mol. The number of piperazine rings is 1. The largest absolute Gasteiger partial charge is 0.339 e. The Balaban J connectivity index is 2.36. The van der Waals surface area contributed by atoms with Gasteiger partial charge >= 0.3 is 0 Å². The van der Waals surface area contributed by atoms with Crippen molar-refractivity contribution in [2.75, 3.05) is 45.5 Å². The van der Waals surface area contributed by atoms with E-state index in [0.29, 0.717) is 32.7 Å². The number of hydrogen-bond acceptors (Lipinski definition) is 4. The van der Waals surface area contributed by atoms with Crippen molar-refractivity contribution in [2.24, 2.45) is 0 Å². The Morgan fingerprint density at radius 3 is 2.41 bits per heavy atom. The first kappa shape index (κ1) is 14.1. The molecular formula is C10H19N3O3S. The Kier molecular flexibility index (Phi) is 5.10. The molecule has 1 aliphatic heterocycles. The Morgan fingerprint density at radius 1 is 1.35 bits per heavy atom. The van der Waals surface area contributed by atoms with Gasteiger partial charge in [0.15, 0.2) is 0 Å². The van der Waals surface area contributed by atoms with Gasteiger partial charge in [-0.25, -0.2) is 8.42 Å². The normalized spacial score (nSPS) is 18.1. The van der Waals surface area contributed by atoms with Crippen LogP contribution < -0.4 is 5.32 Å². The summed E-state index contributed by atoms with van der Waals surface area (Å²) in [5.41, 5.74) is 0. The van der Waals surface area contributed by atoms with Crippen LogP contribution in [-0.2, 0) is 14.8 Å². The molecule has 1 fully saturated rings. The van der Waals surface area contributed by atoms with E-state index in [4.69, 9.17) is 0 Å². The number of amides is 1. The van der Waals surface area contributed by atoms with Crippen molar-refractivity contribution in [3.05, 3.63) is 12.7 Å².